The van der Waals surface area contributed by atoms with Crippen LogP contribution in [-0.4, -0.2) is 52.1 Å². The highest BCUT2D eigenvalue weighted by Gasteiger charge is 2.56. The predicted octanol–water partition coefficient (Wildman–Crippen LogP) is 5.05. The Labute approximate surface area is 240 Å². The number of aliphatic imine (C=N–C) groups is 1. The zero-order valence-corrected chi connectivity index (χ0v) is 24.3. The molecule has 2 heterocycles. The first-order chi connectivity index (χ1) is 19.6. The molecule has 2 aromatic carbocycles. The number of nitrogens with one attached hydrogen (secondary N) is 2. The van der Waals surface area contributed by atoms with Crippen LogP contribution in [0.2, 0.25) is 0 Å². The third-order valence-electron chi connectivity index (χ3n) is 9.99. The number of hydrogen-bond donors (Lipinski definition) is 2. The Kier molecular flexibility index (Phi) is 7.34. The van der Waals surface area contributed by atoms with Crippen molar-refractivity contribution in [3.05, 3.63) is 70.3 Å². The number of hydrogen-bond acceptors (Lipinski definition) is 4. The van der Waals surface area contributed by atoms with Crippen molar-refractivity contribution in [2.75, 3.05) is 25.0 Å². The Morgan fingerprint density at radius 1 is 1.17 bits per heavy atom. The predicted molar refractivity (Wildman–Crippen MR) is 159 cm³/mol. The minimum absolute atomic E-state index is 0.188. The van der Waals surface area contributed by atoms with E-state index in [1.807, 2.05) is 12.1 Å². The van der Waals surface area contributed by atoms with Crippen molar-refractivity contribution >= 4 is 22.5 Å². The lowest BCUT2D eigenvalue weighted by Gasteiger charge is -2.61. The maximum absolute atomic E-state index is 14.1. The van der Waals surface area contributed by atoms with Gasteiger partial charge in [-0.25, -0.2) is 18.8 Å². The van der Waals surface area contributed by atoms with Gasteiger partial charge in [0, 0.05) is 44.0 Å². The molecule has 7 nitrogen and oxygen atoms in total. The summed E-state index contributed by atoms with van der Waals surface area (Å²) in [4.78, 5) is 25.4. The number of nitrogens with zero attached hydrogens (tertiary/aromatic N) is 4. The molecular weight excluding hydrogens is 522 g/mol. The molecule has 4 aliphatic rings. The molecule has 1 aromatic heterocycles. The number of guanidine groups is 1. The molecule has 3 aliphatic carbocycles. The summed E-state index contributed by atoms with van der Waals surface area (Å²) in [6.07, 6.45) is 4.21. The monoisotopic (exact) mass is 562 g/mol. The number of halogens is 2. The zero-order chi connectivity index (χ0) is 28.9. The van der Waals surface area contributed by atoms with Crippen molar-refractivity contribution in [3.8, 4) is 0 Å². The van der Waals surface area contributed by atoms with E-state index in [-0.39, 0.29) is 24.6 Å². The Balaban J connectivity index is 1.23. The highest BCUT2D eigenvalue weighted by atomic mass is 19.1. The normalized spacial score (nSPS) is 27.5. The Morgan fingerprint density at radius 2 is 2.00 bits per heavy atom. The molecule has 4 fully saturated rings. The topological polar surface area (TPSA) is 74.5 Å². The second-order valence-electron chi connectivity index (χ2n) is 12.9. The Bertz CT molecular complexity index is 1530. The molecule has 9 heteroatoms. The standard InChI is InChI=1S/C32H40F2N6O/c1-19-17-39(12-10-35-19)31(38-28-14-22-13-26(20(28)2)32(22,3)4)37-24-7-8-25-29(16-24)36-18-40(30(25)41)11-9-21-5-6-23(33)15-27(21)34/h5-8,15-16,18-20,22,26,28,35H,9-14,17H2,1-4H3,(H,37,38)/t19-,20-,22+,26-,28-/m0/s1. The van der Waals surface area contributed by atoms with Gasteiger partial charge in [-0.1, -0.05) is 26.8 Å². The van der Waals surface area contributed by atoms with Crippen molar-refractivity contribution in [1.29, 1.82) is 0 Å². The molecule has 218 valence electrons. The number of aryl methyl sites for hydroxylation is 2. The average Bonchev–Trinajstić information content (AvgIpc) is 2.94. The Hall–Kier alpha value is -3.33. The minimum Gasteiger partial charge on any atom is -0.340 e. The molecule has 2 bridgehead atoms. The van der Waals surface area contributed by atoms with E-state index in [2.05, 4.69) is 48.2 Å². The van der Waals surface area contributed by atoms with Crippen LogP contribution in [0, 0.1) is 34.8 Å². The van der Waals surface area contributed by atoms with Crippen LogP contribution in [0.4, 0.5) is 14.5 Å². The molecule has 0 radical (unpaired) electrons. The second-order valence-corrected chi connectivity index (χ2v) is 12.9. The number of rotatable bonds is 5. The first-order valence-corrected chi connectivity index (χ1v) is 14.9. The van der Waals surface area contributed by atoms with Gasteiger partial charge in [-0.15, -0.1) is 0 Å². The van der Waals surface area contributed by atoms with Gasteiger partial charge in [0.2, 0.25) is 0 Å². The van der Waals surface area contributed by atoms with Gasteiger partial charge in [0.05, 0.1) is 23.3 Å². The molecule has 0 spiro atoms. The lowest BCUT2D eigenvalue weighted by atomic mass is 9.45. The van der Waals surface area contributed by atoms with Crippen molar-refractivity contribution < 1.29 is 8.78 Å². The van der Waals surface area contributed by atoms with Crippen LogP contribution >= 0.6 is 0 Å². The molecule has 3 aromatic rings. The number of benzene rings is 2. The smallest absolute Gasteiger partial charge is 0.261 e. The van der Waals surface area contributed by atoms with Gasteiger partial charge in [0.25, 0.3) is 5.56 Å². The molecule has 1 aliphatic heterocycles. The average molecular weight is 563 g/mol. The van der Waals surface area contributed by atoms with Crippen LogP contribution in [0.1, 0.15) is 46.1 Å². The molecule has 0 unspecified atom stereocenters. The fraction of sp³-hybridized carbons (Fsp3) is 0.531. The van der Waals surface area contributed by atoms with Gasteiger partial charge in [0.1, 0.15) is 11.6 Å². The van der Waals surface area contributed by atoms with Gasteiger partial charge in [-0.2, -0.15) is 0 Å². The third-order valence-corrected chi connectivity index (χ3v) is 9.99. The first kappa shape index (κ1) is 27.8. The van der Waals surface area contributed by atoms with E-state index in [4.69, 9.17) is 4.99 Å². The number of piperazine rings is 1. The van der Waals surface area contributed by atoms with Gasteiger partial charge in [-0.05, 0) is 79.2 Å². The summed E-state index contributed by atoms with van der Waals surface area (Å²) in [7, 11) is 0. The van der Waals surface area contributed by atoms with E-state index in [1.54, 1.807) is 6.07 Å². The Morgan fingerprint density at radius 3 is 2.73 bits per heavy atom. The first-order valence-electron chi connectivity index (χ1n) is 14.9. The van der Waals surface area contributed by atoms with Gasteiger partial charge < -0.3 is 15.5 Å². The van der Waals surface area contributed by atoms with E-state index in [0.29, 0.717) is 39.8 Å². The van der Waals surface area contributed by atoms with Crippen molar-refractivity contribution in [3.63, 3.8) is 0 Å². The van der Waals surface area contributed by atoms with E-state index in [9.17, 15) is 13.6 Å². The summed E-state index contributed by atoms with van der Waals surface area (Å²) in [5, 5.41) is 7.61. The molecule has 1 saturated heterocycles. The SMILES string of the molecule is C[C@@H]1[C@@H](N=C(Nc2ccc3c(=O)n(CCc4ccc(F)cc4F)cnc3c2)N2CCN[C@@H](C)C2)C[C@H]2C[C@@H]1C2(C)C. The molecule has 3 saturated carbocycles. The maximum atomic E-state index is 14.1. The van der Waals surface area contributed by atoms with E-state index >= 15 is 0 Å². The second kappa shape index (κ2) is 10.8. The number of fused-ring (bicyclic) bond motifs is 3. The number of anilines is 1. The molecule has 2 N–H and O–H groups in total. The van der Waals surface area contributed by atoms with Crippen LogP contribution in [0.3, 0.4) is 0 Å². The summed E-state index contributed by atoms with van der Waals surface area (Å²) in [6, 6.07) is 9.75. The van der Waals surface area contributed by atoms with Crippen LogP contribution in [0.15, 0.2) is 52.5 Å². The molecular formula is C32H40F2N6O. The largest absolute Gasteiger partial charge is 0.340 e. The fourth-order valence-corrected chi connectivity index (χ4v) is 7.26. The van der Waals surface area contributed by atoms with Crippen molar-refractivity contribution in [2.24, 2.45) is 28.2 Å². The zero-order valence-electron chi connectivity index (χ0n) is 24.3. The van der Waals surface area contributed by atoms with E-state index in [1.165, 1.54) is 29.4 Å². The van der Waals surface area contributed by atoms with E-state index in [0.717, 1.165) is 49.7 Å². The summed E-state index contributed by atoms with van der Waals surface area (Å²) in [5.41, 5.74) is 2.01. The highest BCUT2D eigenvalue weighted by Crippen LogP contribution is 2.61. The maximum Gasteiger partial charge on any atom is 0.261 e. The van der Waals surface area contributed by atoms with E-state index < -0.39 is 11.6 Å². The number of aromatic nitrogens is 2. The third kappa shape index (κ3) is 5.36. The summed E-state index contributed by atoms with van der Waals surface area (Å²) in [5.74, 6) is 1.64. The van der Waals surface area contributed by atoms with Crippen molar-refractivity contribution in [1.82, 2.24) is 19.8 Å². The summed E-state index contributed by atoms with van der Waals surface area (Å²) in [6.45, 7) is 12.3. The van der Waals surface area contributed by atoms with Gasteiger partial charge >= 0.3 is 0 Å². The van der Waals surface area contributed by atoms with Crippen molar-refractivity contribution in [2.45, 2.75) is 65.6 Å². The molecule has 41 heavy (non-hydrogen) atoms. The van der Waals surface area contributed by atoms with Gasteiger partial charge in [-0.3, -0.25) is 9.36 Å². The highest BCUT2D eigenvalue weighted by molar-refractivity contribution is 5.96. The van der Waals surface area contributed by atoms with Crippen LogP contribution in [-0.2, 0) is 13.0 Å². The summed E-state index contributed by atoms with van der Waals surface area (Å²) >= 11 is 0. The lowest BCUT2D eigenvalue weighted by Crippen LogP contribution is -2.57. The fourth-order valence-electron chi connectivity index (χ4n) is 7.26. The minimum atomic E-state index is -0.617. The van der Waals surface area contributed by atoms with Crippen LogP contribution in [0.25, 0.3) is 10.9 Å². The lowest BCUT2D eigenvalue weighted by molar-refractivity contribution is -0.108. The molecule has 7 rings (SSSR count). The van der Waals surface area contributed by atoms with Gasteiger partial charge in [0.15, 0.2) is 5.96 Å². The summed E-state index contributed by atoms with van der Waals surface area (Å²) < 4.78 is 28.8. The quantitative estimate of drug-likeness (QED) is 0.336. The molecule has 0 amide bonds. The molecule has 5 atom stereocenters. The van der Waals surface area contributed by atoms with Crippen LogP contribution in [0.5, 0.6) is 0 Å². The van der Waals surface area contributed by atoms with Crippen LogP contribution < -0.4 is 16.2 Å².